The zero-order valence-electron chi connectivity index (χ0n) is 16.2. The number of nitrogens with two attached hydrogens (primary N) is 1. The molecule has 8 nitrogen and oxygen atoms in total. The first-order valence-corrected chi connectivity index (χ1v) is 9.90. The fraction of sp³-hybridized carbons (Fsp3) is 0.294. The maximum Gasteiger partial charge on any atom is 1.00 e. The zero-order chi connectivity index (χ0) is 20.4. The van der Waals surface area contributed by atoms with Crippen molar-refractivity contribution in [2.24, 2.45) is 0 Å². The minimum absolute atomic E-state index is 0. The number of nitrogen functional groups attached to an aromatic ring is 1. The molecule has 2 rings (SSSR count). The Labute approximate surface area is 196 Å². The summed E-state index contributed by atoms with van der Waals surface area (Å²) in [5.41, 5.74) is 6.20. The average Bonchev–Trinajstić information content (AvgIpc) is 2.67. The Hall–Kier alpha value is -1.46. The number of anilines is 2. The quantitative estimate of drug-likeness (QED) is 0.233. The first-order chi connectivity index (χ1) is 13.0. The van der Waals surface area contributed by atoms with Gasteiger partial charge in [-0.25, -0.2) is 9.78 Å². The summed E-state index contributed by atoms with van der Waals surface area (Å²) < 4.78 is 5.08. The van der Waals surface area contributed by atoms with Crippen molar-refractivity contribution in [2.75, 3.05) is 29.8 Å². The molecule has 1 aromatic heterocycles. The number of nitro groups is 1. The van der Waals surface area contributed by atoms with Crippen LogP contribution >= 0.6 is 11.8 Å². The number of nitrogens with zero attached hydrogens (tertiary/aromatic N) is 3. The van der Waals surface area contributed by atoms with E-state index in [1.54, 1.807) is 19.4 Å². The molecule has 0 atom stereocenters. The SMILES string of the molecule is CCOC(=O)N(Cc1ccccc1)c1cc(SC)nc(N)c1[N+](=O)[O-].C[S-].[Na+]. The van der Waals surface area contributed by atoms with E-state index in [2.05, 4.69) is 17.6 Å². The number of pyridine rings is 1. The van der Waals surface area contributed by atoms with Crippen LogP contribution in [0.1, 0.15) is 12.5 Å². The van der Waals surface area contributed by atoms with Crippen molar-refractivity contribution >= 4 is 47.7 Å². The molecule has 0 unspecified atom stereocenters. The fourth-order valence-electron chi connectivity index (χ4n) is 2.23. The number of ether oxygens (including phenoxy) is 1. The fourth-order valence-corrected chi connectivity index (χ4v) is 2.65. The number of hydrogen-bond donors (Lipinski definition) is 1. The van der Waals surface area contributed by atoms with Crippen LogP contribution in [0.25, 0.3) is 0 Å². The van der Waals surface area contributed by atoms with Crippen LogP contribution in [-0.4, -0.2) is 35.1 Å². The molecule has 11 heteroatoms. The average molecular weight is 433 g/mol. The van der Waals surface area contributed by atoms with E-state index in [0.717, 1.165) is 5.56 Å². The second kappa shape index (κ2) is 13.7. The minimum atomic E-state index is -0.688. The van der Waals surface area contributed by atoms with Crippen molar-refractivity contribution in [3.8, 4) is 0 Å². The molecule has 1 amide bonds. The topological polar surface area (TPSA) is 112 Å². The van der Waals surface area contributed by atoms with Crippen LogP contribution < -0.4 is 40.2 Å². The third kappa shape index (κ3) is 7.17. The molecular formula is C17H21N4NaO4S2. The Morgan fingerprint density at radius 1 is 1.36 bits per heavy atom. The molecule has 0 saturated heterocycles. The maximum atomic E-state index is 12.4. The molecule has 2 N–H and O–H groups in total. The van der Waals surface area contributed by atoms with Gasteiger partial charge in [0.25, 0.3) is 0 Å². The largest absolute Gasteiger partial charge is 1.00 e. The van der Waals surface area contributed by atoms with Gasteiger partial charge in [0.1, 0.15) is 10.7 Å². The first kappa shape index (κ1) is 26.5. The standard InChI is InChI=1S/C16H18N4O4S.CH4S.Na/c1-3-24-16(21)19(10-11-7-5-4-6-8-11)12-9-13(25-2)18-15(17)14(12)20(22)23;1-2;/h4-9H,3,10H2,1-2H3,(H2,17,18);2H,1H3;/q;;+1/p-1. The number of carbonyl (C=O) groups excluding carboxylic acids is 1. The van der Waals surface area contributed by atoms with Gasteiger partial charge in [-0.2, -0.15) is 6.26 Å². The van der Waals surface area contributed by atoms with Gasteiger partial charge in [0.15, 0.2) is 0 Å². The van der Waals surface area contributed by atoms with Crippen molar-refractivity contribution in [2.45, 2.75) is 18.5 Å². The van der Waals surface area contributed by atoms with Crippen LogP contribution in [-0.2, 0) is 23.9 Å². The van der Waals surface area contributed by atoms with E-state index in [0.29, 0.717) is 5.03 Å². The van der Waals surface area contributed by atoms with Crippen LogP contribution in [0.4, 0.5) is 22.0 Å². The van der Waals surface area contributed by atoms with Gasteiger partial charge in [0, 0.05) is 6.07 Å². The molecule has 146 valence electrons. The number of hydrogen-bond acceptors (Lipinski definition) is 8. The Morgan fingerprint density at radius 2 is 1.96 bits per heavy atom. The van der Waals surface area contributed by atoms with Crippen molar-refractivity contribution in [3.63, 3.8) is 0 Å². The van der Waals surface area contributed by atoms with Crippen LogP contribution in [0.2, 0.25) is 0 Å². The molecule has 0 fully saturated rings. The summed E-state index contributed by atoms with van der Waals surface area (Å²) in [4.78, 5) is 28.5. The third-order valence-electron chi connectivity index (χ3n) is 3.33. The number of thioether (sulfide) groups is 1. The zero-order valence-corrected chi connectivity index (χ0v) is 19.9. The van der Waals surface area contributed by atoms with Crippen molar-refractivity contribution in [3.05, 3.63) is 52.1 Å². The molecular weight excluding hydrogens is 411 g/mol. The van der Waals surface area contributed by atoms with Crippen LogP contribution in [0.15, 0.2) is 41.4 Å². The number of benzene rings is 1. The smallest absolute Gasteiger partial charge is 0.796 e. The van der Waals surface area contributed by atoms with Crippen molar-refractivity contribution in [1.82, 2.24) is 4.98 Å². The summed E-state index contributed by atoms with van der Waals surface area (Å²) in [5, 5.41) is 12.0. The summed E-state index contributed by atoms with van der Waals surface area (Å²) in [6, 6.07) is 10.6. The molecule has 1 aromatic carbocycles. The molecule has 0 aliphatic heterocycles. The van der Waals surface area contributed by atoms with Gasteiger partial charge in [0.05, 0.1) is 18.1 Å². The van der Waals surface area contributed by atoms with E-state index >= 15 is 0 Å². The summed E-state index contributed by atoms with van der Waals surface area (Å²) in [6.45, 7) is 1.92. The molecule has 0 aliphatic rings. The second-order valence-electron chi connectivity index (χ2n) is 4.95. The van der Waals surface area contributed by atoms with Gasteiger partial charge in [-0.05, 0) is 18.7 Å². The summed E-state index contributed by atoms with van der Waals surface area (Å²) >= 11 is 5.36. The molecule has 28 heavy (non-hydrogen) atoms. The molecule has 0 saturated carbocycles. The van der Waals surface area contributed by atoms with Crippen molar-refractivity contribution in [1.29, 1.82) is 0 Å². The molecule has 2 aromatic rings. The molecule has 0 aliphatic carbocycles. The van der Waals surface area contributed by atoms with Gasteiger partial charge in [-0.15, -0.1) is 11.8 Å². The monoisotopic (exact) mass is 432 g/mol. The molecule has 1 heterocycles. The number of amides is 1. The Kier molecular flexibility index (Phi) is 13.0. The van der Waals surface area contributed by atoms with Gasteiger partial charge < -0.3 is 23.1 Å². The second-order valence-corrected chi connectivity index (χ2v) is 5.77. The predicted molar refractivity (Wildman–Crippen MR) is 110 cm³/mol. The van der Waals surface area contributed by atoms with Crippen LogP contribution in [0, 0.1) is 10.1 Å². The number of aromatic nitrogens is 1. The first-order valence-electron chi connectivity index (χ1n) is 7.85. The van der Waals surface area contributed by atoms with Gasteiger partial charge >= 0.3 is 41.3 Å². The van der Waals surface area contributed by atoms with Crippen LogP contribution in [0.5, 0.6) is 0 Å². The van der Waals surface area contributed by atoms with E-state index in [4.69, 9.17) is 10.5 Å². The van der Waals surface area contributed by atoms with Crippen molar-refractivity contribution < 1.29 is 44.0 Å². The van der Waals surface area contributed by atoms with E-state index in [1.807, 2.05) is 30.3 Å². The van der Waals surface area contributed by atoms with E-state index < -0.39 is 16.7 Å². The van der Waals surface area contributed by atoms with Gasteiger partial charge in [0.2, 0.25) is 5.82 Å². The van der Waals surface area contributed by atoms with Gasteiger partial charge in [-0.3, -0.25) is 15.0 Å². The number of rotatable bonds is 6. The van der Waals surface area contributed by atoms with Crippen LogP contribution in [0.3, 0.4) is 0 Å². The normalized spacial score (nSPS) is 9.43. The summed E-state index contributed by atoms with van der Waals surface area (Å²) in [6.07, 6.45) is 2.66. The molecule has 0 bridgehead atoms. The Bertz CT molecular complexity index is 781. The number of carbonyl (C=O) groups is 1. The van der Waals surface area contributed by atoms with E-state index in [9.17, 15) is 14.9 Å². The molecule has 0 spiro atoms. The minimum Gasteiger partial charge on any atom is -0.796 e. The van der Waals surface area contributed by atoms with E-state index in [1.165, 1.54) is 22.7 Å². The Balaban J connectivity index is 0.00000235. The maximum absolute atomic E-state index is 12.4. The third-order valence-corrected chi connectivity index (χ3v) is 3.96. The molecule has 0 radical (unpaired) electrons. The Morgan fingerprint density at radius 3 is 2.46 bits per heavy atom. The van der Waals surface area contributed by atoms with E-state index in [-0.39, 0.29) is 54.2 Å². The predicted octanol–water partition coefficient (Wildman–Crippen LogP) is 0.624. The summed E-state index contributed by atoms with van der Waals surface area (Å²) in [5.74, 6) is -0.241. The van der Waals surface area contributed by atoms with Gasteiger partial charge in [-0.1, -0.05) is 30.3 Å². The summed E-state index contributed by atoms with van der Waals surface area (Å²) in [7, 11) is 0.